The van der Waals surface area contributed by atoms with Gasteiger partial charge < -0.3 is 9.67 Å². The molecule has 3 rings (SSSR count). The Morgan fingerprint density at radius 1 is 1.19 bits per heavy atom. The summed E-state index contributed by atoms with van der Waals surface area (Å²) in [6, 6.07) is 8.93. The van der Waals surface area contributed by atoms with Crippen LogP contribution in [0.4, 0.5) is 0 Å². The van der Waals surface area contributed by atoms with Crippen LogP contribution in [0.25, 0.3) is 11.0 Å². The molecule has 0 unspecified atom stereocenters. The Hall–Kier alpha value is -2.69. The number of imidazole rings is 1. The molecule has 2 heterocycles. The van der Waals surface area contributed by atoms with Crippen molar-refractivity contribution in [2.45, 2.75) is 12.8 Å². The number of nitrogens with zero attached hydrogens (tertiary/aromatic N) is 3. The molecule has 0 atom stereocenters. The quantitative estimate of drug-likeness (QED) is 0.797. The molecule has 5 heteroatoms. The number of aryl methyl sites for hydroxylation is 3. The molecule has 0 saturated carbocycles. The summed E-state index contributed by atoms with van der Waals surface area (Å²) in [6.07, 6.45) is 5.15. The largest absolute Gasteiger partial charge is 0.478 e. The van der Waals surface area contributed by atoms with Crippen LogP contribution in [0, 0.1) is 0 Å². The third-order valence-electron chi connectivity index (χ3n) is 3.61. The zero-order valence-electron chi connectivity index (χ0n) is 11.7. The molecule has 0 amide bonds. The molecule has 0 saturated heterocycles. The third kappa shape index (κ3) is 2.63. The number of aromatic nitrogens is 3. The van der Waals surface area contributed by atoms with Crippen LogP contribution in [0.1, 0.15) is 21.7 Å². The van der Waals surface area contributed by atoms with Crippen molar-refractivity contribution in [3.8, 4) is 0 Å². The van der Waals surface area contributed by atoms with Crippen LogP contribution in [-0.4, -0.2) is 25.6 Å². The van der Waals surface area contributed by atoms with E-state index in [1.54, 1.807) is 24.5 Å². The SMILES string of the molecule is Cn1c(CCc2ccc(C(=O)O)cc2)nc2cnccc21. The summed E-state index contributed by atoms with van der Waals surface area (Å²) in [5, 5.41) is 8.88. The second-order valence-electron chi connectivity index (χ2n) is 4.95. The molecule has 0 radical (unpaired) electrons. The molecule has 2 aromatic heterocycles. The van der Waals surface area contributed by atoms with Gasteiger partial charge in [-0.1, -0.05) is 12.1 Å². The minimum Gasteiger partial charge on any atom is -0.478 e. The fourth-order valence-electron chi connectivity index (χ4n) is 2.40. The lowest BCUT2D eigenvalue weighted by molar-refractivity contribution is 0.0697. The molecule has 0 aliphatic rings. The fourth-order valence-corrected chi connectivity index (χ4v) is 2.40. The van der Waals surface area contributed by atoms with E-state index in [4.69, 9.17) is 5.11 Å². The molecule has 0 aliphatic heterocycles. The summed E-state index contributed by atoms with van der Waals surface area (Å²) >= 11 is 0. The van der Waals surface area contributed by atoms with Crippen LogP contribution in [0.15, 0.2) is 42.7 Å². The Bertz CT molecular complexity index is 791. The highest BCUT2D eigenvalue weighted by molar-refractivity contribution is 5.87. The topological polar surface area (TPSA) is 68.0 Å². The van der Waals surface area contributed by atoms with Crippen molar-refractivity contribution in [2.24, 2.45) is 7.05 Å². The van der Waals surface area contributed by atoms with E-state index in [9.17, 15) is 4.79 Å². The van der Waals surface area contributed by atoms with Gasteiger partial charge in [0.05, 0.1) is 17.3 Å². The Morgan fingerprint density at radius 2 is 1.95 bits per heavy atom. The van der Waals surface area contributed by atoms with Gasteiger partial charge in [-0.25, -0.2) is 9.78 Å². The van der Waals surface area contributed by atoms with E-state index in [1.165, 1.54) is 0 Å². The second kappa shape index (κ2) is 5.36. The summed E-state index contributed by atoms with van der Waals surface area (Å²) in [5.74, 6) is 0.102. The number of benzene rings is 1. The standard InChI is InChI=1S/C16H15N3O2/c1-19-14-8-9-17-10-13(14)18-15(19)7-4-11-2-5-12(6-3-11)16(20)21/h2-3,5-6,8-10H,4,7H2,1H3,(H,20,21). The lowest BCUT2D eigenvalue weighted by Crippen LogP contribution is -2.01. The van der Waals surface area contributed by atoms with Crippen LogP contribution in [-0.2, 0) is 19.9 Å². The smallest absolute Gasteiger partial charge is 0.335 e. The maximum Gasteiger partial charge on any atom is 0.335 e. The number of carboxylic acid groups (broad SMARTS) is 1. The maximum absolute atomic E-state index is 10.8. The predicted molar refractivity (Wildman–Crippen MR) is 79.3 cm³/mol. The molecular formula is C16H15N3O2. The van der Waals surface area contributed by atoms with Crippen molar-refractivity contribution >= 4 is 17.0 Å². The Kier molecular flexibility index (Phi) is 3.39. The molecule has 106 valence electrons. The van der Waals surface area contributed by atoms with Gasteiger partial charge in [0.1, 0.15) is 11.3 Å². The first-order valence-corrected chi connectivity index (χ1v) is 6.72. The van der Waals surface area contributed by atoms with Crippen LogP contribution in [0.2, 0.25) is 0 Å². The highest BCUT2D eigenvalue weighted by Crippen LogP contribution is 2.15. The highest BCUT2D eigenvalue weighted by atomic mass is 16.4. The van der Waals surface area contributed by atoms with Gasteiger partial charge in [-0.15, -0.1) is 0 Å². The minimum absolute atomic E-state index is 0.313. The normalized spacial score (nSPS) is 10.9. The Balaban J connectivity index is 1.77. The molecule has 0 aliphatic carbocycles. The van der Waals surface area contributed by atoms with Crippen molar-refractivity contribution in [2.75, 3.05) is 0 Å². The lowest BCUT2D eigenvalue weighted by Gasteiger charge is -2.03. The van der Waals surface area contributed by atoms with E-state index in [1.807, 2.05) is 25.2 Å². The van der Waals surface area contributed by atoms with Crippen molar-refractivity contribution in [3.05, 3.63) is 59.7 Å². The number of pyridine rings is 1. The molecule has 1 aromatic carbocycles. The van der Waals surface area contributed by atoms with Crippen LogP contribution in [0.3, 0.4) is 0 Å². The van der Waals surface area contributed by atoms with E-state index in [0.29, 0.717) is 5.56 Å². The van der Waals surface area contributed by atoms with E-state index in [-0.39, 0.29) is 0 Å². The van der Waals surface area contributed by atoms with Crippen molar-refractivity contribution in [1.29, 1.82) is 0 Å². The van der Waals surface area contributed by atoms with Crippen LogP contribution < -0.4 is 0 Å². The van der Waals surface area contributed by atoms with E-state index in [2.05, 4.69) is 14.5 Å². The van der Waals surface area contributed by atoms with Gasteiger partial charge in [0, 0.05) is 19.7 Å². The molecule has 21 heavy (non-hydrogen) atoms. The number of rotatable bonds is 4. The summed E-state index contributed by atoms with van der Waals surface area (Å²) < 4.78 is 2.07. The molecule has 5 nitrogen and oxygen atoms in total. The lowest BCUT2D eigenvalue weighted by atomic mass is 10.1. The Labute approximate surface area is 121 Å². The molecular weight excluding hydrogens is 266 g/mol. The van der Waals surface area contributed by atoms with Gasteiger partial charge in [-0.2, -0.15) is 0 Å². The van der Waals surface area contributed by atoms with Gasteiger partial charge >= 0.3 is 5.97 Å². The first-order valence-electron chi connectivity index (χ1n) is 6.72. The summed E-state index contributed by atoms with van der Waals surface area (Å²) in [6.45, 7) is 0. The Morgan fingerprint density at radius 3 is 2.62 bits per heavy atom. The van der Waals surface area contributed by atoms with Crippen molar-refractivity contribution < 1.29 is 9.90 Å². The van der Waals surface area contributed by atoms with Gasteiger partial charge in [0.15, 0.2) is 0 Å². The number of carboxylic acids is 1. The minimum atomic E-state index is -0.899. The van der Waals surface area contributed by atoms with Gasteiger partial charge in [-0.05, 0) is 30.2 Å². The summed E-state index contributed by atoms with van der Waals surface area (Å²) in [7, 11) is 2.00. The number of fused-ring (bicyclic) bond motifs is 1. The summed E-state index contributed by atoms with van der Waals surface area (Å²) in [4.78, 5) is 19.5. The monoisotopic (exact) mass is 281 g/mol. The average molecular weight is 281 g/mol. The third-order valence-corrected chi connectivity index (χ3v) is 3.61. The average Bonchev–Trinajstić information content (AvgIpc) is 2.82. The highest BCUT2D eigenvalue weighted by Gasteiger charge is 2.08. The molecule has 1 N–H and O–H groups in total. The number of hydrogen-bond acceptors (Lipinski definition) is 3. The zero-order valence-corrected chi connectivity index (χ0v) is 11.7. The molecule has 0 spiro atoms. The van der Waals surface area contributed by atoms with Crippen molar-refractivity contribution in [3.63, 3.8) is 0 Å². The molecule has 0 bridgehead atoms. The fraction of sp³-hybridized carbons (Fsp3) is 0.188. The van der Waals surface area contributed by atoms with Gasteiger partial charge in [0.25, 0.3) is 0 Å². The predicted octanol–water partition coefficient (Wildman–Crippen LogP) is 2.45. The van der Waals surface area contributed by atoms with E-state index >= 15 is 0 Å². The number of carbonyl (C=O) groups is 1. The van der Waals surface area contributed by atoms with E-state index in [0.717, 1.165) is 35.3 Å². The molecule has 0 fully saturated rings. The van der Waals surface area contributed by atoms with E-state index < -0.39 is 5.97 Å². The summed E-state index contributed by atoms with van der Waals surface area (Å²) in [5.41, 5.74) is 3.38. The molecule has 3 aromatic rings. The van der Waals surface area contributed by atoms with Gasteiger partial charge in [0.2, 0.25) is 0 Å². The van der Waals surface area contributed by atoms with Crippen molar-refractivity contribution in [1.82, 2.24) is 14.5 Å². The second-order valence-corrected chi connectivity index (χ2v) is 4.95. The first-order chi connectivity index (χ1) is 10.1. The van der Waals surface area contributed by atoms with Crippen LogP contribution >= 0.6 is 0 Å². The number of hydrogen-bond donors (Lipinski definition) is 1. The maximum atomic E-state index is 10.8. The van der Waals surface area contributed by atoms with Crippen LogP contribution in [0.5, 0.6) is 0 Å². The van der Waals surface area contributed by atoms with Gasteiger partial charge in [-0.3, -0.25) is 4.98 Å². The first kappa shape index (κ1) is 13.3. The zero-order chi connectivity index (χ0) is 14.8. The number of aromatic carboxylic acids is 1.